The Balaban J connectivity index is 2.95. The Kier molecular flexibility index (Phi) is 5.71. The molecule has 0 amide bonds. The lowest BCUT2D eigenvalue weighted by atomic mass is 9.97. The lowest BCUT2D eigenvalue weighted by Gasteiger charge is -2.13. The zero-order chi connectivity index (χ0) is 11.8. The van der Waals surface area contributed by atoms with Crippen LogP contribution in [0.25, 0.3) is 0 Å². The SMILES string of the molecule is CCC(N=C=O)c1ccccc1CCO[SiH3]. The molecule has 1 unspecified atom stereocenters. The van der Waals surface area contributed by atoms with E-state index in [1.165, 1.54) is 5.56 Å². The standard InChI is InChI=1S/C12H17NO2Si/c1-2-12(13-9-14)11-6-4-3-5-10(11)7-8-15-16/h3-6,12H,2,7-8H2,1,16H3. The zero-order valence-corrected chi connectivity index (χ0v) is 11.8. The van der Waals surface area contributed by atoms with Gasteiger partial charge in [0.15, 0.2) is 0 Å². The molecule has 1 aromatic rings. The second-order valence-electron chi connectivity index (χ2n) is 3.59. The molecule has 0 fully saturated rings. The molecule has 0 aliphatic carbocycles. The Morgan fingerprint density at radius 3 is 2.88 bits per heavy atom. The lowest BCUT2D eigenvalue weighted by Crippen LogP contribution is -2.03. The third kappa shape index (κ3) is 3.42. The fourth-order valence-corrected chi connectivity index (χ4v) is 1.95. The number of benzene rings is 1. The second kappa shape index (κ2) is 7.12. The molecular weight excluding hydrogens is 218 g/mol. The van der Waals surface area contributed by atoms with Crippen LogP contribution in [0.15, 0.2) is 29.3 Å². The van der Waals surface area contributed by atoms with Crippen molar-refractivity contribution in [1.29, 1.82) is 0 Å². The van der Waals surface area contributed by atoms with Crippen LogP contribution in [0.2, 0.25) is 0 Å². The molecule has 0 aliphatic heterocycles. The quantitative estimate of drug-likeness (QED) is 0.424. The molecule has 3 nitrogen and oxygen atoms in total. The molecule has 0 saturated heterocycles. The topological polar surface area (TPSA) is 38.7 Å². The third-order valence-electron chi connectivity index (χ3n) is 2.58. The maximum absolute atomic E-state index is 10.4. The van der Waals surface area contributed by atoms with Crippen LogP contribution in [0, 0.1) is 0 Å². The molecule has 4 heteroatoms. The summed E-state index contributed by atoms with van der Waals surface area (Å²) in [6.07, 6.45) is 3.34. The van der Waals surface area contributed by atoms with E-state index < -0.39 is 0 Å². The van der Waals surface area contributed by atoms with E-state index in [0.29, 0.717) is 0 Å². The van der Waals surface area contributed by atoms with Gasteiger partial charge in [-0.3, -0.25) is 0 Å². The van der Waals surface area contributed by atoms with Gasteiger partial charge >= 0.3 is 0 Å². The van der Waals surface area contributed by atoms with Crippen LogP contribution in [0.5, 0.6) is 0 Å². The number of nitrogens with zero attached hydrogens (tertiary/aromatic N) is 1. The summed E-state index contributed by atoms with van der Waals surface area (Å²) in [7, 11) is 0.761. The molecule has 0 saturated carbocycles. The highest BCUT2D eigenvalue weighted by molar-refractivity contribution is 5.97. The van der Waals surface area contributed by atoms with E-state index >= 15 is 0 Å². The van der Waals surface area contributed by atoms with Crippen LogP contribution >= 0.6 is 0 Å². The number of isocyanates is 1. The van der Waals surface area contributed by atoms with Crippen molar-refractivity contribution in [2.75, 3.05) is 6.61 Å². The van der Waals surface area contributed by atoms with Gasteiger partial charge in [0.25, 0.3) is 0 Å². The Morgan fingerprint density at radius 1 is 1.50 bits per heavy atom. The Hall–Kier alpha value is -1.22. The number of rotatable bonds is 6. The molecule has 0 heterocycles. The van der Waals surface area contributed by atoms with Crippen molar-refractivity contribution in [3.63, 3.8) is 0 Å². The van der Waals surface area contributed by atoms with Gasteiger partial charge in [0.2, 0.25) is 6.08 Å². The number of hydrogen-bond acceptors (Lipinski definition) is 3. The van der Waals surface area contributed by atoms with E-state index in [0.717, 1.165) is 35.5 Å². The summed E-state index contributed by atoms with van der Waals surface area (Å²) >= 11 is 0. The maximum Gasteiger partial charge on any atom is 0.235 e. The van der Waals surface area contributed by atoms with Crippen LogP contribution in [-0.2, 0) is 15.6 Å². The molecule has 0 aromatic heterocycles. The predicted molar refractivity (Wildman–Crippen MR) is 67.2 cm³/mol. The molecule has 1 rings (SSSR count). The summed E-state index contributed by atoms with van der Waals surface area (Å²) in [6.45, 7) is 2.76. The molecule has 1 atom stereocenters. The predicted octanol–water partition coefficient (Wildman–Crippen LogP) is 1.31. The fourth-order valence-electron chi connectivity index (χ4n) is 1.74. The highest BCUT2D eigenvalue weighted by Crippen LogP contribution is 2.24. The molecule has 1 aromatic carbocycles. The van der Waals surface area contributed by atoms with Crippen molar-refractivity contribution in [2.45, 2.75) is 25.8 Å². The van der Waals surface area contributed by atoms with Gasteiger partial charge in [-0.15, -0.1) is 0 Å². The van der Waals surface area contributed by atoms with E-state index in [-0.39, 0.29) is 6.04 Å². The van der Waals surface area contributed by atoms with Gasteiger partial charge < -0.3 is 4.43 Å². The monoisotopic (exact) mass is 235 g/mol. The van der Waals surface area contributed by atoms with E-state index in [1.807, 2.05) is 25.1 Å². The Bertz CT molecular complexity index is 375. The molecule has 0 N–H and O–H groups in total. The van der Waals surface area contributed by atoms with Crippen molar-refractivity contribution >= 4 is 16.6 Å². The van der Waals surface area contributed by atoms with E-state index in [9.17, 15) is 4.79 Å². The van der Waals surface area contributed by atoms with Crippen LogP contribution < -0.4 is 0 Å². The smallest absolute Gasteiger partial charge is 0.235 e. The van der Waals surface area contributed by atoms with Crippen LogP contribution in [0.4, 0.5) is 0 Å². The molecule has 0 bridgehead atoms. The average Bonchev–Trinajstić information content (AvgIpc) is 2.34. The summed E-state index contributed by atoms with van der Waals surface area (Å²) in [4.78, 5) is 14.2. The molecule has 0 spiro atoms. The first-order valence-corrected chi connectivity index (χ1v) is 6.28. The van der Waals surface area contributed by atoms with Gasteiger partial charge in [-0.05, 0) is 24.0 Å². The van der Waals surface area contributed by atoms with Gasteiger partial charge in [0, 0.05) is 6.61 Å². The zero-order valence-electron chi connectivity index (χ0n) is 9.77. The minimum absolute atomic E-state index is 0.0669. The average molecular weight is 235 g/mol. The number of carbonyl (C=O) groups excluding carboxylic acids is 1. The highest BCUT2D eigenvalue weighted by atomic mass is 28.2. The van der Waals surface area contributed by atoms with E-state index in [2.05, 4.69) is 11.1 Å². The van der Waals surface area contributed by atoms with Gasteiger partial charge in [0.05, 0.1) is 6.04 Å². The van der Waals surface area contributed by atoms with E-state index in [4.69, 9.17) is 4.43 Å². The number of hydrogen-bond donors (Lipinski definition) is 0. The summed E-state index contributed by atoms with van der Waals surface area (Å²) in [6, 6.07) is 8.01. The summed E-state index contributed by atoms with van der Waals surface area (Å²) in [5.74, 6) is 0. The minimum atomic E-state index is -0.0669. The van der Waals surface area contributed by atoms with Crippen molar-refractivity contribution in [2.24, 2.45) is 4.99 Å². The second-order valence-corrected chi connectivity index (χ2v) is 4.16. The first-order valence-electron chi connectivity index (χ1n) is 5.47. The van der Waals surface area contributed by atoms with Gasteiger partial charge in [0.1, 0.15) is 10.5 Å². The molecular formula is C12H17NO2Si. The molecule has 0 radical (unpaired) electrons. The lowest BCUT2D eigenvalue weighted by molar-refractivity contribution is 0.353. The minimum Gasteiger partial charge on any atom is -0.428 e. The van der Waals surface area contributed by atoms with Crippen molar-refractivity contribution in [1.82, 2.24) is 0 Å². The first-order chi connectivity index (χ1) is 7.83. The van der Waals surface area contributed by atoms with E-state index in [1.54, 1.807) is 6.08 Å². The maximum atomic E-state index is 10.4. The van der Waals surface area contributed by atoms with Crippen LogP contribution in [0.3, 0.4) is 0 Å². The highest BCUT2D eigenvalue weighted by Gasteiger charge is 2.11. The van der Waals surface area contributed by atoms with Gasteiger partial charge in [-0.2, -0.15) is 4.99 Å². The summed E-state index contributed by atoms with van der Waals surface area (Å²) in [5.41, 5.74) is 2.33. The first kappa shape index (κ1) is 12.8. The summed E-state index contributed by atoms with van der Waals surface area (Å²) < 4.78 is 5.21. The van der Waals surface area contributed by atoms with Gasteiger partial charge in [-0.1, -0.05) is 31.2 Å². The Labute approximate surface area is 99.1 Å². The van der Waals surface area contributed by atoms with Crippen LogP contribution in [0.1, 0.15) is 30.5 Å². The Morgan fingerprint density at radius 2 is 2.25 bits per heavy atom. The normalized spacial score (nSPS) is 12.1. The largest absolute Gasteiger partial charge is 0.428 e. The van der Waals surface area contributed by atoms with Crippen molar-refractivity contribution in [3.8, 4) is 0 Å². The molecule has 0 aliphatic rings. The fraction of sp³-hybridized carbons (Fsp3) is 0.417. The molecule has 16 heavy (non-hydrogen) atoms. The number of aliphatic imine (C=N–C) groups is 1. The van der Waals surface area contributed by atoms with Crippen molar-refractivity contribution < 1.29 is 9.22 Å². The van der Waals surface area contributed by atoms with Crippen molar-refractivity contribution in [3.05, 3.63) is 35.4 Å². The molecule has 86 valence electrons. The van der Waals surface area contributed by atoms with Crippen LogP contribution in [-0.4, -0.2) is 23.2 Å². The van der Waals surface area contributed by atoms with Gasteiger partial charge in [-0.25, -0.2) is 4.79 Å². The summed E-state index contributed by atoms with van der Waals surface area (Å²) in [5, 5.41) is 0. The third-order valence-corrected chi connectivity index (χ3v) is 2.99.